The number of rotatable bonds is 6. The standard InChI is InChI=1S/C14H27NO3/c1-10(2)14(6,9-12(17)18)15-11(16)7-8-13(3,4)5/h10H,7-9H2,1-6H3,(H,15,16)(H,17,18). The maximum atomic E-state index is 11.9. The Morgan fingerprint density at radius 3 is 2.00 bits per heavy atom. The molecule has 1 unspecified atom stereocenters. The Balaban J connectivity index is 4.51. The lowest BCUT2D eigenvalue weighted by Gasteiger charge is -2.34. The number of nitrogens with one attached hydrogen (secondary N) is 1. The molecular weight excluding hydrogens is 230 g/mol. The van der Waals surface area contributed by atoms with Crippen molar-refractivity contribution in [3.05, 3.63) is 0 Å². The zero-order valence-corrected chi connectivity index (χ0v) is 12.5. The number of carbonyl (C=O) groups is 2. The molecule has 0 aromatic heterocycles. The van der Waals surface area contributed by atoms with Crippen molar-refractivity contribution in [3.8, 4) is 0 Å². The molecule has 18 heavy (non-hydrogen) atoms. The van der Waals surface area contributed by atoms with Crippen LogP contribution in [0.2, 0.25) is 0 Å². The lowest BCUT2D eigenvalue weighted by molar-refractivity contribution is -0.139. The van der Waals surface area contributed by atoms with Crippen molar-refractivity contribution < 1.29 is 14.7 Å². The van der Waals surface area contributed by atoms with E-state index in [4.69, 9.17) is 5.11 Å². The quantitative estimate of drug-likeness (QED) is 0.769. The molecule has 0 aliphatic heterocycles. The van der Waals surface area contributed by atoms with Crippen LogP contribution in [0.1, 0.15) is 60.8 Å². The first kappa shape index (κ1) is 16.9. The van der Waals surface area contributed by atoms with E-state index >= 15 is 0 Å². The van der Waals surface area contributed by atoms with Crippen molar-refractivity contribution in [2.24, 2.45) is 11.3 Å². The van der Waals surface area contributed by atoms with Crippen LogP contribution in [0.3, 0.4) is 0 Å². The summed E-state index contributed by atoms with van der Waals surface area (Å²) in [4.78, 5) is 22.8. The molecule has 0 bridgehead atoms. The fourth-order valence-corrected chi connectivity index (χ4v) is 1.58. The van der Waals surface area contributed by atoms with Crippen LogP contribution in [0.4, 0.5) is 0 Å². The second-order valence-electron chi connectivity index (χ2n) is 6.75. The molecule has 0 spiro atoms. The summed E-state index contributed by atoms with van der Waals surface area (Å²) in [5.41, 5.74) is -0.570. The fraction of sp³-hybridized carbons (Fsp3) is 0.857. The number of amides is 1. The molecule has 0 rings (SSSR count). The molecule has 4 heteroatoms. The number of carbonyl (C=O) groups excluding carboxylic acids is 1. The maximum absolute atomic E-state index is 11.9. The summed E-state index contributed by atoms with van der Waals surface area (Å²) in [6.45, 7) is 11.9. The topological polar surface area (TPSA) is 66.4 Å². The van der Waals surface area contributed by atoms with E-state index in [0.717, 1.165) is 6.42 Å². The molecule has 0 aromatic carbocycles. The minimum absolute atomic E-state index is 0.0497. The Hall–Kier alpha value is -1.06. The van der Waals surface area contributed by atoms with Gasteiger partial charge in [0.2, 0.25) is 5.91 Å². The molecule has 106 valence electrons. The second-order valence-corrected chi connectivity index (χ2v) is 6.75. The highest BCUT2D eigenvalue weighted by Gasteiger charge is 2.32. The van der Waals surface area contributed by atoms with Gasteiger partial charge in [-0.05, 0) is 24.7 Å². The normalized spacial score (nSPS) is 15.3. The van der Waals surface area contributed by atoms with Gasteiger partial charge in [-0.2, -0.15) is 0 Å². The zero-order chi connectivity index (χ0) is 14.6. The summed E-state index contributed by atoms with van der Waals surface area (Å²) >= 11 is 0. The molecule has 0 heterocycles. The van der Waals surface area contributed by atoms with Crippen LogP contribution < -0.4 is 5.32 Å². The van der Waals surface area contributed by atoms with Crippen molar-refractivity contribution >= 4 is 11.9 Å². The van der Waals surface area contributed by atoms with Crippen molar-refractivity contribution in [2.75, 3.05) is 0 Å². The summed E-state index contributed by atoms with van der Waals surface area (Å²) in [5, 5.41) is 11.8. The number of hydrogen-bond donors (Lipinski definition) is 2. The molecule has 0 aliphatic rings. The van der Waals surface area contributed by atoms with E-state index in [-0.39, 0.29) is 23.7 Å². The lowest BCUT2D eigenvalue weighted by atomic mass is 9.84. The Morgan fingerprint density at radius 1 is 1.17 bits per heavy atom. The average molecular weight is 257 g/mol. The molecule has 0 saturated heterocycles. The van der Waals surface area contributed by atoms with Gasteiger partial charge >= 0.3 is 5.97 Å². The first-order valence-corrected chi connectivity index (χ1v) is 6.49. The molecule has 0 radical (unpaired) electrons. The van der Waals surface area contributed by atoms with Gasteiger partial charge in [-0.3, -0.25) is 9.59 Å². The van der Waals surface area contributed by atoms with Crippen molar-refractivity contribution in [1.29, 1.82) is 0 Å². The number of aliphatic carboxylic acids is 1. The predicted octanol–water partition coefficient (Wildman–Crippen LogP) is 2.82. The maximum Gasteiger partial charge on any atom is 0.305 e. The Morgan fingerprint density at radius 2 is 1.67 bits per heavy atom. The molecule has 1 atom stereocenters. The van der Waals surface area contributed by atoms with Crippen LogP contribution >= 0.6 is 0 Å². The third kappa shape index (κ3) is 6.62. The molecular formula is C14H27NO3. The van der Waals surface area contributed by atoms with Crippen molar-refractivity contribution in [1.82, 2.24) is 5.32 Å². The van der Waals surface area contributed by atoms with Gasteiger partial charge in [-0.25, -0.2) is 0 Å². The molecule has 1 amide bonds. The smallest absolute Gasteiger partial charge is 0.305 e. The fourth-order valence-electron chi connectivity index (χ4n) is 1.58. The monoisotopic (exact) mass is 257 g/mol. The Bertz CT molecular complexity index is 305. The number of carboxylic acid groups (broad SMARTS) is 1. The van der Waals surface area contributed by atoms with E-state index in [1.807, 2.05) is 13.8 Å². The molecule has 0 saturated carbocycles. The van der Waals surface area contributed by atoms with E-state index < -0.39 is 11.5 Å². The van der Waals surface area contributed by atoms with Crippen LogP contribution in [-0.4, -0.2) is 22.5 Å². The molecule has 0 fully saturated rings. The summed E-state index contributed by atoms with van der Waals surface area (Å²) in [5.74, 6) is -0.878. The van der Waals surface area contributed by atoms with Crippen LogP contribution in [0.25, 0.3) is 0 Å². The SMILES string of the molecule is CC(C)C(C)(CC(=O)O)NC(=O)CCC(C)(C)C. The lowest BCUT2D eigenvalue weighted by Crippen LogP contribution is -2.51. The van der Waals surface area contributed by atoms with E-state index in [1.54, 1.807) is 6.92 Å². The molecule has 0 aliphatic carbocycles. The van der Waals surface area contributed by atoms with Gasteiger partial charge in [0.25, 0.3) is 0 Å². The third-order valence-corrected chi connectivity index (χ3v) is 3.32. The van der Waals surface area contributed by atoms with Gasteiger partial charge in [0.15, 0.2) is 0 Å². The van der Waals surface area contributed by atoms with Crippen LogP contribution in [0.15, 0.2) is 0 Å². The highest BCUT2D eigenvalue weighted by molar-refractivity contribution is 5.78. The van der Waals surface area contributed by atoms with Gasteiger partial charge < -0.3 is 10.4 Å². The van der Waals surface area contributed by atoms with Crippen LogP contribution in [0.5, 0.6) is 0 Å². The summed E-state index contributed by atoms with van der Waals surface area (Å²) in [6.07, 6.45) is 1.18. The minimum atomic E-state index is -0.887. The molecule has 4 nitrogen and oxygen atoms in total. The van der Waals surface area contributed by atoms with Gasteiger partial charge in [0.05, 0.1) is 6.42 Å². The van der Waals surface area contributed by atoms with Crippen LogP contribution in [0, 0.1) is 11.3 Å². The van der Waals surface area contributed by atoms with E-state index in [9.17, 15) is 9.59 Å². The molecule has 0 aromatic rings. The highest BCUT2D eigenvalue weighted by Crippen LogP contribution is 2.23. The summed E-state index contributed by atoms with van der Waals surface area (Å²) in [7, 11) is 0. The number of carboxylic acids is 1. The average Bonchev–Trinajstić information content (AvgIpc) is 2.11. The van der Waals surface area contributed by atoms with Gasteiger partial charge in [0.1, 0.15) is 0 Å². The second kappa shape index (κ2) is 6.21. The van der Waals surface area contributed by atoms with E-state index in [2.05, 4.69) is 26.1 Å². The first-order valence-electron chi connectivity index (χ1n) is 6.49. The van der Waals surface area contributed by atoms with E-state index in [0.29, 0.717) is 6.42 Å². The predicted molar refractivity (Wildman–Crippen MR) is 72.3 cm³/mol. The first-order chi connectivity index (χ1) is 7.96. The Labute approximate surface area is 110 Å². The van der Waals surface area contributed by atoms with Crippen molar-refractivity contribution in [3.63, 3.8) is 0 Å². The van der Waals surface area contributed by atoms with Gasteiger partial charge in [-0.1, -0.05) is 34.6 Å². The van der Waals surface area contributed by atoms with Crippen LogP contribution in [-0.2, 0) is 9.59 Å². The van der Waals surface area contributed by atoms with Gasteiger partial charge in [-0.15, -0.1) is 0 Å². The minimum Gasteiger partial charge on any atom is -0.481 e. The van der Waals surface area contributed by atoms with E-state index in [1.165, 1.54) is 0 Å². The van der Waals surface area contributed by atoms with Gasteiger partial charge in [0, 0.05) is 12.0 Å². The summed E-state index contributed by atoms with van der Waals surface area (Å²) in [6, 6.07) is 0. The Kier molecular flexibility index (Phi) is 5.84. The number of hydrogen-bond acceptors (Lipinski definition) is 2. The summed E-state index contributed by atoms with van der Waals surface area (Å²) < 4.78 is 0. The zero-order valence-electron chi connectivity index (χ0n) is 12.5. The third-order valence-electron chi connectivity index (χ3n) is 3.32. The molecule has 2 N–H and O–H groups in total. The largest absolute Gasteiger partial charge is 0.481 e. The highest BCUT2D eigenvalue weighted by atomic mass is 16.4. The van der Waals surface area contributed by atoms with Crippen molar-refractivity contribution in [2.45, 2.75) is 66.3 Å².